The van der Waals surface area contributed by atoms with Crippen molar-refractivity contribution in [3.63, 3.8) is 0 Å². The summed E-state index contributed by atoms with van der Waals surface area (Å²) in [6, 6.07) is 13.9. The molecule has 0 aliphatic heterocycles. The smallest absolute Gasteiger partial charge is 0.169 e. The summed E-state index contributed by atoms with van der Waals surface area (Å²) >= 11 is 1.49. The predicted octanol–water partition coefficient (Wildman–Crippen LogP) is 7.21. The highest BCUT2D eigenvalue weighted by molar-refractivity contribution is 7.17. The van der Waals surface area contributed by atoms with Crippen molar-refractivity contribution in [3.05, 3.63) is 65.9 Å². The van der Waals surface area contributed by atoms with Gasteiger partial charge in [-0.25, -0.2) is 9.97 Å². The first kappa shape index (κ1) is 23.7. The number of ether oxygens (including phenoxy) is 1. The van der Waals surface area contributed by atoms with Crippen LogP contribution >= 0.6 is 11.3 Å². The number of aromatic amines is 2. The molecule has 0 radical (unpaired) electrons. The number of nitrogens with zero attached hydrogens (tertiary/aromatic N) is 4. The van der Waals surface area contributed by atoms with Gasteiger partial charge in [0.05, 0.1) is 34.1 Å². The number of ketones is 1. The molecule has 0 atom stereocenters. The van der Waals surface area contributed by atoms with E-state index in [0.29, 0.717) is 5.69 Å². The SMILES string of the molecule is CC(=O)c1ccc(-c2ccnc3[nH]c(-c4n[nH]c5ccc(-c6cncc(OC7CCCCC7)c6)nc45)cc23)s1. The molecule has 9 heteroatoms. The number of rotatable bonds is 6. The van der Waals surface area contributed by atoms with Crippen molar-refractivity contribution in [1.29, 1.82) is 0 Å². The highest BCUT2D eigenvalue weighted by Gasteiger charge is 2.18. The molecule has 39 heavy (non-hydrogen) atoms. The highest BCUT2D eigenvalue weighted by atomic mass is 32.1. The van der Waals surface area contributed by atoms with E-state index >= 15 is 0 Å². The highest BCUT2D eigenvalue weighted by Crippen LogP contribution is 2.36. The second kappa shape index (κ2) is 9.74. The molecular formula is C30H26N6O2S. The number of carbonyl (C=O) groups excluding carboxylic acids is 1. The van der Waals surface area contributed by atoms with Crippen LogP contribution in [0.3, 0.4) is 0 Å². The Hall–Kier alpha value is -4.37. The largest absolute Gasteiger partial charge is 0.489 e. The molecule has 0 bridgehead atoms. The minimum Gasteiger partial charge on any atom is -0.489 e. The van der Waals surface area contributed by atoms with Crippen molar-refractivity contribution in [2.75, 3.05) is 0 Å². The van der Waals surface area contributed by atoms with E-state index in [4.69, 9.17) is 9.72 Å². The van der Waals surface area contributed by atoms with Crippen LogP contribution < -0.4 is 4.74 Å². The molecule has 6 heterocycles. The average Bonchev–Trinajstić information content (AvgIpc) is 3.71. The Bertz CT molecular complexity index is 1830. The Morgan fingerprint density at radius 2 is 1.95 bits per heavy atom. The third kappa shape index (κ3) is 4.48. The zero-order chi connectivity index (χ0) is 26.3. The minimum absolute atomic E-state index is 0.0671. The van der Waals surface area contributed by atoms with Crippen LogP contribution in [0.1, 0.15) is 48.7 Å². The molecule has 1 fully saturated rings. The average molecular weight is 535 g/mol. The number of fused-ring (bicyclic) bond motifs is 2. The zero-order valence-electron chi connectivity index (χ0n) is 21.4. The van der Waals surface area contributed by atoms with Gasteiger partial charge in [0.25, 0.3) is 0 Å². The lowest BCUT2D eigenvalue weighted by Gasteiger charge is -2.22. The lowest BCUT2D eigenvalue weighted by molar-refractivity contribution is 0.102. The number of hydrogen-bond donors (Lipinski definition) is 2. The molecule has 0 aromatic carbocycles. The van der Waals surface area contributed by atoms with Crippen molar-refractivity contribution >= 4 is 39.2 Å². The predicted molar refractivity (Wildman–Crippen MR) is 153 cm³/mol. The third-order valence-electron chi connectivity index (χ3n) is 7.28. The Morgan fingerprint density at radius 1 is 1.05 bits per heavy atom. The minimum atomic E-state index is 0.0671. The molecule has 2 N–H and O–H groups in total. The summed E-state index contributed by atoms with van der Waals surface area (Å²) in [5.74, 6) is 0.849. The van der Waals surface area contributed by atoms with E-state index in [1.165, 1.54) is 30.6 Å². The van der Waals surface area contributed by atoms with Crippen LogP contribution in [0.5, 0.6) is 5.75 Å². The summed E-state index contributed by atoms with van der Waals surface area (Å²) in [7, 11) is 0. The molecule has 0 spiro atoms. The first-order valence-corrected chi connectivity index (χ1v) is 14.0. The van der Waals surface area contributed by atoms with E-state index in [-0.39, 0.29) is 11.9 Å². The maximum atomic E-state index is 11.8. The lowest BCUT2D eigenvalue weighted by atomic mass is 9.98. The van der Waals surface area contributed by atoms with Gasteiger partial charge >= 0.3 is 0 Å². The molecule has 1 aliphatic rings. The maximum Gasteiger partial charge on any atom is 0.169 e. The second-order valence-corrected chi connectivity index (χ2v) is 11.1. The molecular weight excluding hydrogens is 508 g/mol. The number of Topliss-reactive ketones (excluding diaryl/α,β-unsaturated/α-hetero) is 1. The molecule has 0 saturated heterocycles. The van der Waals surface area contributed by atoms with E-state index in [1.54, 1.807) is 19.3 Å². The number of pyridine rings is 3. The van der Waals surface area contributed by atoms with E-state index < -0.39 is 0 Å². The van der Waals surface area contributed by atoms with Gasteiger partial charge in [0.15, 0.2) is 5.78 Å². The second-order valence-electron chi connectivity index (χ2n) is 9.98. The van der Waals surface area contributed by atoms with Gasteiger partial charge in [0.2, 0.25) is 0 Å². The zero-order valence-corrected chi connectivity index (χ0v) is 22.2. The van der Waals surface area contributed by atoms with Crippen LogP contribution in [-0.4, -0.2) is 42.0 Å². The van der Waals surface area contributed by atoms with Gasteiger partial charge in [0, 0.05) is 33.8 Å². The maximum absolute atomic E-state index is 11.8. The van der Waals surface area contributed by atoms with Gasteiger partial charge in [-0.15, -0.1) is 11.3 Å². The lowest BCUT2D eigenvalue weighted by Crippen LogP contribution is -2.19. The van der Waals surface area contributed by atoms with Gasteiger partial charge in [0.1, 0.15) is 22.6 Å². The van der Waals surface area contributed by atoms with Crippen LogP contribution in [0.4, 0.5) is 0 Å². The Balaban J connectivity index is 1.25. The van der Waals surface area contributed by atoms with Crippen molar-refractivity contribution < 1.29 is 9.53 Å². The fourth-order valence-corrected chi connectivity index (χ4v) is 6.23. The van der Waals surface area contributed by atoms with Crippen molar-refractivity contribution in [3.8, 4) is 38.8 Å². The summed E-state index contributed by atoms with van der Waals surface area (Å²) in [5.41, 5.74) is 6.61. The van der Waals surface area contributed by atoms with Gasteiger partial charge in [-0.1, -0.05) is 6.42 Å². The number of H-pyrrole nitrogens is 2. The monoisotopic (exact) mass is 534 g/mol. The van der Waals surface area contributed by atoms with Crippen LogP contribution in [0.25, 0.3) is 55.2 Å². The summed E-state index contributed by atoms with van der Waals surface area (Å²) in [5, 5.41) is 8.67. The van der Waals surface area contributed by atoms with Crippen molar-refractivity contribution in [1.82, 2.24) is 30.1 Å². The molecule has 6 aromatic rings. The van der Waals surface area contributed by atoms with E-state index in [0.717, 1.165) is 72.9 Å². The van der Waals surface area contributed by atoms with Gasteiger partial charge in [-0.2, -0.15) is 5.10 Å². The Labute approximate surface area is 228 Å². The van der Waals surface area contributed by atoms with E-state index in [9.17, 15) is 4.79 Å². The molecule has 194 valence electrons. The fraction of sp³-hybridized carbons (Fsp3) is 0.233. The molecule has 0 amide bonds. The van der Waals surface area contributed by atoms with Gasteiger partial charge in [-0.05, 0) is 75.1 Å². The van der Waals surface area contributed by atoms with E-state index in [1.807, 2.05) is 42.6 Å². The third-order valence-corrected chi connectivity index (χ3v) is 8.50. The van der Waals surface area contributed by atoms with Crippen LogP contribution in [0.15, 0.2) is 61.1 Å². The molecule has 6 aromatic heterocycles. The quantitative estimate of drug-likeness (QED) is 0.219. The normalized spacial score (nSPS) is 14.3. The van der Waals surface area contributed by atoms with Crippen LogP contribution in [0, 0.1) is 0 Å². The van der Waals surface area contributed by atoms with Crippen LogP contribution in [0.2, 0.25) is 0 Å². The van der Waals surface area contributed by atoms with E-state index in [2.05, 4.69) is 31.2 Å². The fourth-order valence-electron chi connectivity index (χ4n) is 5.29. The topological polar surface area (TPSA) is 109 Å². The number of carbonyl (C=O) groups is 1. The van der Waals surface area contributed by atoms with Gasteiger partial charge < -0.3 is 9.72 Å². The summed E-state index contributed by atoms with van der Waals surface area (Å²) < 4.78 is 6.24. The van der Waals surface area contributed by atoms with Crippen molar-refractivity contribution in [2.45, 2.75) is 45.1 Å². The molecule has 7 rings (SSSR count). The standard InChI is InChI=1S/C30H26N6O2S/c1-17(37)26-9-10-27(39-26)21-11-12-32-30-22(21)14-25(34-30)29-28-24(35-36-29)8-7-23(33-28)18-13-20(16-31-15-18)38-19-5-3-2-4-6-19/h7-16,19H,2-6H2,1H3,(H,32,34)(H,35,36). The molecule has 1 aliphatic carbocycles. The number of hydrogen-bond acceptors (Lipinski definition) is 7. The van der Waals surface area contributed by atoms with Gasteiger partial charge in [-0.3, -0.25) is 14.9 Å². The summed E-state index contributed by atoms with van der Waals surface area (Å²) in [6.45, 7) is 1.59. The number of thiophene rings is 1. The molecule has 0 unspecified atom stereocenters. The van der Waals surface area contributed by atoms with Crippen molar-refractivity contribution in [2.24, 2.45) is 0 Å². The van der Waals surface area contributed by atoms with Crippen LogP contribution in [-0.2, 0) is 0 Å². The molecule has 8 nitrogen and oxygen atoms in total. The first-order valence-electron chi connectivity index (χ1n) is 13.2. The Kier molecular flexibility index (Phi) is 5.93. The summed E-state index contributed by atoms with van der Waals surface area (Å²) in [4.78, 5) is 31.0. The number of aromatic nitrogens is 6. The first-order chi connectivity index (χ1) is 19.1. The summed E-state index contributed by atoms with van der Waals surface area (Å²) in [6.07, 6.45) is 11.6. The number of nitrogens with one attached hydrogen (secondary N) is 2. The Morgan fingerprint density at radius 3 is 2.79 bits per heavy atom. The molecule has 1 saturated carbocycles.